The van der Waals surface area contributed by atoms with Gasteiger partial charge in [-0.2, -0.15) is 39.5 Å². The molecule has 0 aliphatic carbocycles. The Kier molecular flexibility index (Phi) is 7.70. The van der Waals surface area contributed by atoms with Gasteiger partial charge in [-0.3, -0.25) is 0 Å². The average molecular weight is 580 g/mol. The number of halogens is 10. The van der Waals surface area contributed by atoms with Crippen LogP contribution >= 0.6 is 23.4 Å². The van der Waals surface area contributed by atoms with E-state index in [1.54, 1.807) is 13.8 Å². The van der Waals surface area contributed by atoms with Crippen LogP contribution in [-0.4, -0.2) is 26.8 Å². The number of thioether (sulfide) groups is 1. The molecule has 0 radical (unpaired) electrons. The van der Waals surface area contributed by atoms with Gasteiger partial charge in [0.1, 0.15) is 23.5 Å². The van der Waals surface area contributed by atoms with Gasteiger partial charge < -0.3 is 0 Å². The lowest BCUT2D eigenvalue weighted by atomic mass is 9.84. The zero-order valence-electron chi connectivity index (χ0n) is 19.6. The molecule has 1 aromatic carbocycles. The van der Waals surface area contributed by atoms with Crippen molar-refractivity contribution in [2.75, 3.05) is 6.54 Å². The molecule has 1 amide bonds. The molecule has 0 bridgehead atoms. The Morgan fingerprint density at radius 3 is 1.92 bits per heavy atom. The van der Waals surface area contributed by atoms with Crippen LogP contribution in [0, 0.1) is 0 Å². The number of pyridine rings is 1. The SMILES string of the molecule is CCC1(C)C(c2cc(C(F)(F)F)cc(C(F)(F)F)c2)SC(=O)[N+]1(CC)Cc1nc(C(F)(F)F)ccc1Cl. The molecule has 14 heteroatoms. The summed E-state index contributed by atoms with van der Waals surface area (Å²) in [5.74, 6) is 0. The van der Waals surface area contributed by atoms with E-state index in [9.17, 15) is 44.3 Å². The predicted molar refractivity (Wildman–Crippen MR) is 120 cm³/mol. The summed E-state index contributed by atoms with van der Waals surface area (Å²) in [5.41, 5.74) is -6.22. The molecule has 204 valence electrons. The van der Waals surface area contributed by atoms with E-state index in [-0.39, 0.29) is 35.3 Å². The van der Waals surface area contributed by atoms with Crippen molar-refractivity contribution in [3.05, 3.63) is 63.4 Å². The molecule has 2 aromatic rings. The van der Waals surface area contributed by atoms with Gasteiger partial charge in [0.15, 0.2) is 0 Å². The maximum absolute atomic E-state index is 13.5. The van der Waals surface area contributed by atoms with Gasteiger partial charge in [-0.1, -0.05) is 18.5 Å². The van der Waals surface area contributed by atoms with E-state index in [1.165, 1.54) is 6.92 Å². The Bertz CT molecular complexity index is 1170. The second-order valence-electron chi connectivity index (χ2n) is 8.88. The monoisotopic (exact) mass is 579 g/mol. The fourth-order valence-corrected chi connectivity index (χ4v) is 6.53. The largest absolute Gasteiger partial charge is 0.433 e. The van der Waals surface area contributed by atoms with E-state index < -0.39 is 62.4 Å². The van der Waals surface area contributed by atoms with Crippen LogP contribution in [0.5, 0.6) is 0 Å². The number of carbonyl (C=O) groups is 1. The van der Waals surface area contributed by atoms with Crippen molar-refractivity contribution in [1.29, 1.82) is 0 Å². The van der Waals surface area contributed by atoms with E-state index in [4.69, 9.17) is 11.6 Å². The van der Waals surface area contributed by atoms with Gasteiger partial charge in [0.05, 0.1) is 27.9 Å². The second kappa shape index (κ2) is 9.64. The third-order valence-corrected chi connectivity index (χ3v) is 8.82. The summed E-state index contributed by atoms with van der Waals surface area (Å²) >= 11 is 6.68. The Hall–Kier alpha value is -1.99. The average Bonchev–Trinajstić information content (AvgIpc) is 3.00. The zero-order valence-corrected chi connectivity index (χ0v) is 21.1. The highest BCUT2D eigenvalue weighted by molar-refractivity contribution is 8.13. The van der Waals surface area contributed by atoms with E-state index in [0.29, 0.717) is 30.0 Å². The van der Waals surface area contributed by atoms with Crippen LogP contribution in [0.3, 0.4) is 0 Å². The van der Waals surface area contributed by atoms with Gasteiger partial charge >= 0.3 is 23.8 Å². The summed E-state index contributed by atoms with van der Waals surface area (Å²) < 4.78 is 120. The lowest BCUT2D eigenvalue weighted by Crippen LogP contribution is -2.61. The molecule has 3 rings (SSSR count). The molecule has 1 saturated heterocycles. The quantitative estimate of drug-likeness (QED) is 0.262. The number of hydrogen-bond donors (Lipinski definition) is 0. The lowest BCUT2D eigenvalue weighted by Gasteiger charge is -2.45. The smallest absolute Gasteiger partial charge is 0.241 e. The molecule has 1 fully saturated rings. The minimum atomic E-state index is -5.09. The number of likely N-dealkylation sites (N-methyl/N-ethyl adjacent to an activating group) is 1. The molecule has 1 aliphatic rings. The lowest BCUT2D eigenvalue weighted by molar-refractivity contribution is -0.904. The molecule has 1 aromatic heterocycles. The summed E-state index contributed by atoms with van der Waals surface area (Å²) in [4.78, 5) is 17.0. The molecule has 1 aliphatic heterocycles. The summed E-state index contributed by atoms with van der Waals surface area (Å²) in [5, 5.41) is -1.95. The Balaban J connectivity index is 2.20. The standard InChI is InChI=1S/C23H21ClF9N2OS/c1-4-20(3)18(12-8-13(21(25,26)27)10-14(9-12)22(28,29)30)37-19(36)35(20,5-2)11-16-15(24)6-7-17(34-16)23(31,32)33/h6-10,18H,4-5,11H2,1-3H3/q+1. The van der Waals surface area contributed by atoms with Crippen LogP contribution in [0.1, 0.15) is 60.5 Å². The normalized spacial score (nSPS) is 25.1. The number of benzene rings is 1. The predicted octanol–water partition coefficient (Wildman–Crippen LogP) is 8.90. The number of quaternary nitrogens is 1. The van der Waals surface area contributed by atoms with Gasteiger partial charge in [-0.15, -0.1) is 0 Å². The number of alkyl halides is 9. The van der Waals surface area contributed by atoms with Crippen molar-refractivity contribution >= 4 is 28.6 Å². The number of amides is 1. The Morgan fingerprint density at radius 2 is 1.49 bits per heavy atom. The summed E-state index contributed by atoms with van der Waals surface area (Å²) in [6.45, 7) is 4.23. The summed E-state index contributed by atoms with van der Waals surface area (Å²) in [6, 6.07) is 2.82. The highest BCUT2D eigenvalue weighted by atomic mass is 35.5. The Labute approximate surface area is 215 Å². The van der Waals surface area contributed by atoms with Gasteiger partial charge in [-0.05, 0) is 61.5 Å². The first-order chi connectivity index (χ1) is 16.8. The summed E-state index contributed by atoms with van der Waals surface area (Å²) in [7, 11) is 0. The number of aromatic nitrogens is 1. The molecule has 0 N–H and O–H groups in total. The Morgan fingerprint density at radius 1 is 0.946 bits per heavy atom. The maximum atomic E-state index is 13.5. The molecule has 3 nitrogen and oxygen atoms in total. The topological polar surface area (TPSA) is 30.0 Å². The van der Waals surface area contributed by atoms with Crippen LogP contribution in [0.15, 0.2) is 30.3 Å². The van der Waals surface area contributed by atoms with Gasteiger partial charge in [0.25, 0.3) is 0 Å². The van der Waals surface area contributed by atoms with Gasteiger partial charge in [0.2, 0.25) is 0 Å². The minimum absolute atomic E-state index is 0.00246. The van der Waals surface area contributed by atoms with Crippen molar-refractivity contribution in [2.45, 2.75) is 63.1 Å². The molecule has 37 heavy (non-hydrogen) atoms. The van der Waals surface area contributed by atoms with Crippen LogP contribution in [0.2, 0.25) is 5.02 Å². The molecule has 0 spiro atoms. The van der Waals surface area contributed by atoms with Crippen LogP contribution in [0.4, 0.5) is 44.3 Å². The highest BCUT2D eigenvalue weighted by Gasteiger charge is 2.64. The molecule has 3 atom stereocenters. The van der Waals surface area contributed by atoms with Crippen LogP contribution < -0.4 is 0 Å². The molecule has 0 saturated carbocycles. The van der Waals surface area contributed by atoms with Crippen molar-refractivity contribution in [3.8, 4) is 0 Å². The van der Waals surface area contributed by atoms with Crippen molar-refractivity contribution in [3.63, 3.8) is 0 Å². The number of hydrogen-bond acceptors (Lipinski definition) is 3. The minimum Gasteiger partial charge on any atom is -0.241 e. The summed E-state index contributed by atoms with van der Waals surface area (Å²) in [6.07, 6.45) is -14.9. The maximum Gasteiger partial charge on any atom is 0.433 e. The first-order valence-corrected chi connectivity index (χ1v) is 12.2. The van der Waals surface area contributed by atoms with Crippen molar-refractivity contribution in [1.82, 2.24) is 4.98 Å². The highest BCUT2D eigenvalue weighted by Crippen LogP contribution is 2.58. The van der Waals surface area contributed by atoms with Crippen LogP contribution in [-0.2, 0) is 25.1 Å². The second-order valence-corrected chi connectivity index (χ2v) is 10.3. The molecule has 2 heterocycles. The van der Waals surface area contributed by atoms with E-state index in [2.05, 4.69) is 4.98 Å². The van der Waals surface area contributed by atoms with Crippen LogP contribution in [0.25, 0.3) is 0 Å². The third-order valence-electron chi connectivity index (χ3n) is 6.91. The number of rotatable bonds is 5. The van der Waals surface area contributed by atoms with E-state index in [0.717, 1.165) is 6.07 Å². The van der Waals surface area contributed by atoms with Crippen molar-refractivity contribution < 1.29 is 48.8 Å². The van der Waals surface area contributed by atoms with Gasteiger partial charge in [0, 0.05) is 6.42 Å². The van der Waals surface area contributed by atoms with Gasteiger partial charge in [-0.25, -0.2) is 14.3 Å². The number of nitrogens with zero attached hydrogens (tertiary/aromatic N) is 2. The van der Waals surface area contributed by atoms with E-state index >= 15 is 0 Å². The first kappa shape index (κ1) is 29.6. The molecule has 3 unspecified atom stereocenters. The third kappa shape index (κ3) is 5.31. The fourth-order valence-electron chi connectivity index (χ4n) is 4.66. The van der Waals surface area contributed by atoms with E-state index in [1.807, 2.05) is 0 Å². The zero-order chi connectivity index (χ0) is 28.2. The first-order valence-electron chi connectivity index (χ1n) is 10.9. The number of carbonyl (C=O) groups excluding carboxylic acids is 1. The molecular formula is C23H21ClF9N2OS+. The van der Waals surface area contributed by atoms with Crippen molar-refractivity contribution in [2.24, 2.45) is 0 Å². The molecular weight excluding hydrogens is 559 g/mol. The fraction of sp³-hybridized carbons (Fsp3) is 0.478.